The van der Waals surface area contributed by atoms with Gasteiger partial charge in [0.25, 0.3) is 0 Å². The fraction of sp³-hybridized carbons (Fsp3) is 0.417. The number of hydrogen-bond donors (Lipinski definition) is 1. The third-order valence-corrected chi connectivity index (χ3v) is 3.14. The Balaban J connectivity index is 2.29. The lowest BCUT2D eigenvalue weighted by Crippen LogP contribution is -1.93. The summed E-state index contributed by atoms with van der Waals surface area (Å²) in [5, 5.41) is 0. The van der Waals surface area contributed by atoms with E-state index in [4.69, 9.17) is 0 Å². The molecule has 0 saturated carbocycles. The maximum atomic E-state index is 13.3. The SMILES string of the molecule is CC(C)CCc1nc2cc(Br)c(F)cc2[nH]1. The number of aromatic nitrogens is 2. The Morgan fingerprint density at radius 2 is 2.19 bits per heavy atom. The monoisotopic (exact) mass is 284 g/mol. The topological polar surface area (TPSA) is 28.7 Å². The van der Waals surface area contributed by atoms with Crippen molar-refractivity contribution in [2.75, 3.05) is 0 Å². The van der Waals surface area contributed by atoms with Crippen LogP contribution in [0.3, 0.4) is 0 Å². The predicted molar refractivity (Wildman–Crippen MR) is 66.9 cm³/mol. The molecule has 0 bridgehead atoms. The molecular weight excluding hydrogens is 271 g/mol. The lowest BCUT2D eigenvalue weighted by molar-refractivity contribution is 0.577. The highest BCUT2D eigenvalue weighted by molar-refractivity contribution is 9.10. The lowest BCUT2D eigenvalue weighted by Gasteiger charge is -2.00. The van der Waals surface area contributed by atoms with Crippen LogP contribution in [0.15, 0.2) is 16.6 Å². The van der Waals surface area contributed by atoms with Crippen molar-refractivity contribution in [1.29, 1.82) is 0 Å². The van der Waals surface area contributed by atoms with Crippen molar-refractivity contribution in [2.45, 2.75) is 26.7 Å². The summed E-state index contributed by atoms with van der Waals surface area (Å²) in [5.74, 6) is 1.32. The van der Waals surface area contributed by atoms with Gasteiger partial charge in [-0.1, -0.05) is 13.8 Å². The number of rotatable bonds is 3. The van der Waals surface area contributed by atoms with Gasteiger partial charge in [0.05, 0.1) is 15.5 Å². The van der Waals surface area contributed by atoms with Gasteiger partial charge in [-0.05, 0) is 34.3 Å². The number of nitrogens with one attached hydrogen (secondary N) is 1. The number of aryl methyl sites for hydroxylation is 1. The van der Waals surface area contributed by atoms with Crippen LogP contribution in [0.2, 0.25) is 0 Å². The van der Waals surface area contributed by atoms with Crippen molar-refractivity contribution < 1.29 is 4.39 Å². The quantitative estimate of drug-likeness (QED) is 0.905. The molecule has 1 N–H and O–H groups in total. The fourth-order valence-electron chi connectivity index (χ4n) is 1.60. The molecule has 1 aromatic carbocycles. The Labute approximate surface area is 102 Å². The van der Waals surface area contributed by atoms with Crippen LogP contribution in [0.25, 0.3) is 11.0 Å². The molecule has 4 heteroatoms. The molecule has 0 aliphatic carbocycles. The van der Waals surface area contributed by atoms with Crippen LogP contribution in [0.1, 0.15) is 26.1 Å². The molecule has 2 rings (SSSR count). The van der Waals surface area contributed by atoms with Crippen molar-refractivity contribution in [3.8, 4) is 0 Å². The number of nitrogens with zero attached hydrogens (tertiary/aromatic N) is 1. The molecule has 0 amide bonds. The van der Waals surface area contributed by atoms with E-state index in [0.29, 0.717) is 10.4 Å². The Hall–Kier alpha value is -0.900. The summed E-state index contributed by atoms with van der Waals surface area (Å²) < 4.78 is 13.7. The molecule has 0 aliphatic heterocycles. The lowest BCUT2D eigenvalue weighted by atomic mass is 10.1. The molecule has 1 heterocycles. The number of fused-ring (bicyclic) bond motifs is 1. The number of imidazole rings is 1. The van der Waals surface area contributed by atoms with Gasteiger partial charge in [0.1, 0.15) is 11.6 Å². The van der Waals surface area contributed by atoms with Crippen molar-refractivity contribution in [2.24, 2.45) is 5.92 Å². The van der Waals surface area contributed by atoms with Gasteiger partial charge >= 0.3 is 0 Å². The number of aromatic amines is 1. The van der Waals surface area contributed by atoms with Gasteiger partial charge in [0.2, 0.25) is 0 Å². The molecule has 0 saturated heterocycles. The fourth-order valence-corrected chi connectivity index (χ4v) is 1.93. The minimum absolute atomic E-state index is 0.258. The predicted octanol–water partition coefficient (Wildman–Crippen LogP) is 4.05. The molecule has 0 aliphatic rings. The van der Waals surface area contributed by atoms with Crippen molar-refractivity contribution in [3.05, 3.63) is 28.2 Å². The van der Waals surface area contributed by atoms with Crippen molar-refractivity contribution in [1.82, 2.24) is 9.97 Å². The van der Waals surface area contributed by atoms with Gasteiger partial charge in [-0.15, -0.1) is 0 Å². The normalized spacial score (nSPS) is 11.6. The first kappa shape index (κ1) is 11.6. The second-order valence-electron chi connectivity index (χ2n) is 4.40. The van der Waals surface area contributed by atoms with Crippen molar-refractivity contribution >= 4 is 27.0 Å². The van der Waals surface area contributed by atoms with E-state index >= 15 is 0 Å². The van der Waals surface area contributed by atoms with E-state index in [1.807, 2.05) is 0 Å². The largest absolute Gasteiger partial charge is 0.342 e. The zero-order chi connectivity index (χ0) is 11.7. The van der Waals surface area contributed by atoms with Crippen LogP contribution >= 0.6 is 15.9 Å². The van der Waals surface area contributed by atoms with Gasteiger partial charge in [0, 0.05) is 12.5 Å². The Morgan fingerprint density at radius 3 is 2.88 bits per heavy atom. The van der Waals surface area contributed by atoms with Crippen molar-refractivity contribution in [3.63, 3.8) is 0 Å². The number of benzene rings is 1. The third kappa shape index (κ3) is 2.43. The average Bonchev–Trinajstić information content (AvgIpc) is 2.58. The molecule has 16 heavy (non-hydrogen) atoms. The van der Waals surface area contributed by atoms with Crippen LogP contribution in [-0.4, -0.2) is 9.97 Å². The van der Waals surface area contributed by atoms with Crippen LogP contribution in [0.4, 0.5) is 4.39 Å². The summed E-state index contributed by atoms with van der Waals surface area (Å²) in [6, 6.07) is 3.19. The smallest absolute Gasteiger partial charge is 0.139 e. The van der Waals surface area contributed by atoms with E-state index in [2.05, 4.69) is 39.7 Å². The molecule has 0 unspecified atom stereocenters. The van der Waals surface area contributed by atoms with E-state index in [1.165, 1.54) is 6.07 Å². The maximum absolute atomic E-state index is 13.3. The van der Waals surface area contributed by atoms with Gasteiger partial charge in [0.15, 0.2) is 0 Å². The molecule has 2 aromatic rings. The van der Waals surface area contributed by atoms with E-state index in [-0.39, 0.29) is 5.82 Å². The van der Waals surface area contributed by atoms with Gasteiger partial charge in [-0.25, -0.2) is 9.37 Å². The van der Waals surface area contributed by atoms with E-state index < -0.39 is 0 Å². The molecule has 2 nitrogen and oxygen atoms in total. The summed E-state index contributed by atoms with van der Waals surface area (Å²) in [7, 11) is 0. The summed E-state index contributed by atoms with van der Waals surface area (Å²) >= 11 is 3.16. The zero-order valence-electron chi connectivity index (χ0n) is 9.35. The van der Waals surface area contributed by atoms with Crippen LogP contribution < -0.4 is 0 Å². The molecule has 86 valence electrons. The zero-order valence-corrected chi connectivity index (χ0v) is 10.9. The first-order chi connectivity index (χ1) is 7.56. The minimum atomic E-state index is -0.258. The van der Waals surface area contributed by atoms with E-state index in [0.717, 1.165) is 29.7 Å². The Morgan fingerprint density at radius 1 is 1.44 bits per heavy atom. The van der Waals surface area contributed by atoms with Gasteiger partial charge < -0.3 is 4.98 Å². The highest BCUT2D eigenvalue weighted by Crippen LogP contribution is 2.22. The number of halogens is 2. The van der Waals surface area contributed by atoms with Crippen LogP contribution in [0.5, 0.6) is 0 Å². The molecule has 0 atom stereocenters. The van der Waals surface area contributed by atoms with Crippen LogP contribution in [0, 0.1) is 11.7 Å². The van der Waals surface area contributed by atoms with E-state index in [1.54, 1.807) is 6.07 Å². The third-order valence-electron chi connectivity index (χ3n) is 2.53. The highest BCUT2D eigenvalue weighted by atomic mass is 79.9. The molecule has 0 spiro atoms. The van der Waals surface area contributed by atoms with E-state index in [9.17, 15) is 4.39 Å². The second-order valence-corrected chi connectivity index (χ2v) is 5.25. The molecule has 0 fully saturated rings. The van der Waals surface area contributed by atoms with Gasteiger partial charge in [-0.3, -0.25) is 0 Å². The Bertz CT molecular complexity index is 466. The molecular formula is C12H14BrFN2. The summed E-state index contributed by atoms with van der Waals surface area (Å²) in [4.78, 5) is 7.58. The standard InChI is InChI=1S/C12H14BrFN2/c1-7(2)3-4-12-15-10-5-8(13)9(14)6-11(10)16-12/h5-7H,3-4H2,1-2H3,(H,15,16). The number of hydrogen-bond acceptors (Lipinski definition) is 1. The van der Waals surface area contributed by atoms with Crippen LogP contribution in [-0.2, 0) is 6.42 Å². The minimum Gasteiger partial charge on any atom is -0.342 e. The number of H-pyrrole nitrogens is 1. The Kier molecular flexibility index (Phi) is 3.28. The summed E-state index contributed by atoms with van der Waals surface area (Å²) in [6.45, 7) is 4.36. The second kappa shape index (κ2) is 4.53. The summed E-state index contributed by atoms with van der Waals surface area (Å²) in [6.07, 6.45) is 2.00. The summed E-state index contributed by atoms with van der Waals surface area (Å²) in [5.41, 5.74) is 1.58. The molecule has 1 aromatic heterocycles. The highest BCUT2D eigenvalue weighted by Gasteiger charge is 2.07. The first-order valence-corrected chi connectivity index (χ1v) is 6.19. The van der Waals surface area contributed by atoms with Gasteiger partial charge in [-0.2, -0.15) is 0 Å². The first-order valence-electron chi connectivity index (χ1n) is 5.40. The molecule has 0 radical (unpaired) electrons. The average molecular weight is 285 g/mol. The maximum Gasteiger partial charge on any atom is 0.139 e.